The van der Waals surface area contributed by atoms with Crippen LogP contribution in [0.2, 0.25) is 0 Å². The Kier molecular flexibility index (Phi) is 3.90. The average Bonchev–Trinajstić information content (AvgIpc) is 2.90. The van der Waals surface area contributed by atoms with Gasteiger partial charge in [0.15, 0.2) is 5.96 Å². The standard InChI is InChI=1S/C16H21N3O/c17-16(19-10-4-1-5-11-19)18-9-8-14-12-13-6-2-3-7-15(13)20-14/h2-3,6-7,12H,1,4-5,8-11H2,(H2,17,18). The molecule has 2 heterocycles. The molecule has 0 bridgehead atoms. The fraction of sp³-hybridized carbons (Fsp3) is 0.438. The molecule has 1 aliphatic heterocycles. The maximum Gasteiger partial charge on any atom is 0.191 e. The molecule has 4 heteroatoms. The van der Waals surface area contributed by atoms with Crippen molar-refractivity contribution in [3.63, 3.8) is 0 Å². The zero-order chi connectivity index (χ0) is 13.8. The lowest BCUT2D eigenvalue weighted by molar-refractivity contribution is 0.338. The molecule has 0 amide bonds. The van der Waals surface area contributed by atoms with E-state index in [4.69, 9.17) is 10.2 Å². The Balaban J connectivity index is 1.58. The average molecular weight is 271 g/mol. The molecule has 0 unspecified atom stereocenters. The van der Waals surface area contributed by atoms with Gasteiger partial charge in [0.05, 0.1) is 0 Å². The van der Waals surface area contributed by atoms with Crippen LogP contribution in [0, 0.1) is 0 Å². The van der Waals surface area contributed by atoms with Crippen molar-refractivity contribution in [1.82, 2.24) is 4.90 Å². The van der Waals surface area contributed by atoms with E-state index < -0.39 is 0 Å². The molecule has 1 aliphatic rings. The maximum absolute atomic E-state index is 6.03. The number of piperidine rings is 1. The Hall–Kier alpha value is -1.97. The van der Waals surface area contributed by atoms with Gasteiger partial charge < -0.3 is 15.1 Å². The Morgan fingerprint density at radius 2 is 2.00 bits per heavy atom. The molecule has 1 aromatic heterocycles. The van der Waals surface area contributed by atoms with E-state index in [0.29, 0.717) is 12.5 Å². The molecule has 0 atom stereocenters. The molecule has 0 radical (unpaired) electrons. The summed E-state index contributed by atoms with van der Waals surface area (Å²) < 4.78 is 5.77. The number of benzene rings is 1. The Labute approximate surface area is 119 Å². The van der Waals surface area contributed by atoms with Crippen molar-refractivity contribution in [1.29, 1.82) is 0 Å². The monoisotopic (exact) mass is 271 g/mol. The summed E-state index contributed by atoms with van der Waals surface area (Å²) in [6.07, 6.45) is 4.55. The van der Waals surface area contributed by atoms with E-state index in [1.165, 1.54) is 19.3 Å². The van der Waals surface area contributed by atoms with Gasteiger partial charge in [-0.25, -0.2) is 0 Å². The highest BCUT2D eigenvalue weighted by Crippen LogP contribution is 2.19. The zero-order valence-corrected chi connectivity index (χ0v) is 11.7. The third kappa shape index (κ3) is 2.95. The first-order valence-electron chi connectivity index (χ1n) is 7.35. The van der Waals surface area contributed by atoms with Crippen molar-refractivity contribution in [3.8, 4) is 0 Å². The van der Waals surface area contributed by atoms with Gasteiger partial charge in [-0.15, -0.1) is 0 Å². The van der Waals surface area contributed by atoms with Gasteiger partial charge in [-0.05, 0) is 31.4 Å². The van der Waals surface area contributed by atoms with Crippen LogP contribution in [0.3, 0.4) is 0 Å². The minimum absolute atomic E-state index is 0.681. The first kappa shape index (κ1) is 13.0. The summed E-state index contributed by atoms with van der Waals surface area (Å²) in [6, 6.07) is 10.1. The topological polar surface area (TPSA) is 54.8 Å². The first-order chi connectivity index (χ1) is 9.83. The molecular formula is C16H21N3O. The lowest BCUT2D eigenvalue weighted by Gasteiger charge is -2.27. The molecule has 2 N–H and O–H groups in total. The second-order valence-corrected chi connectivity index (χ2v) is 5.29. The van der Waals surface area contributed by atoms with Gasteiger partial charge >= 0.3 is 0 Å². The largest absolute Gasteiger partial charge is 0.461 e. The van der Waals surface area contributed by atoms with E-state index in [-0.39, 0.29) is 0 Å². The summed E-state index contributed by atoms with van der Waals surface area (Å²) >= 11 is 0. The van der Waals surface area contributed by atoms with Gasteiger partial charge in [0.25, 0.3) is 0 Å². The Morgan fingerprint density at radius 1 is 1.20 bits per heavy atom. The molecule has 0 spiro atoms. The molecule has 20 heavy (non-hydrogen) atoms. The summed E-state index contributed by atoms with van der Waals surface area (Å²) in [4.78, 5) is 6.66. The van der Waals surface area contributed by atoms with Crippen LogP contribution in [-0.4, -0.2) is 30.5 Å². The zero-order valence-electron chi connectivity index (χ0n) is 11.7. The molecule has 3 rings (SSSR count). The molecule has 4 nitrogen and oxygen atoms in total. The van der Waals surface area contributed by atoms with Crippen LogP contribution in [-0.2, 0) is 6.42 Å². The lowest BCUT2D eigenvalue weighted by Crippen LogP contribution is -2.41. The number of fused-ring (bicyclic) bond motifs is 1. The highest BCUT2D eigenvalue weighted by molar-refractivity contribution is 5.78. The highest BCUT2D eigenvalue weighted by Gasteiger charge is 2.11. The summed E-state index contributed by atoms with van der Waals surface area (Å²) in [5.74, 6) is 1.65. The smallest absolute Gasteiger partial charge is 0.191 e. The van der Waals surface area contributed by atoms with Crippen LogP contribution in [0.15, 0.2) is 39.7 Å². The summed E-state index contributed by atoms with van der Waals surface area (Å²) in [5.41, 5.74) is 6.97. The van der Waals surface area contributed by atoms with Gasteiger partial charge in [0, 0.05) is 31.4 Å². The second kappa shape index (κ2) is 5.99. The predicted octanol–water partition coefficient (Wildman–Crippen LogP) is 2.78. The van der Waals surface area contributed by atoms with Crippen molar-refractivity contribution >= 4 is 16.9 Å². The fourth-order valence-corrected chi connectivity index (χ4v) is 2.66. The number of nitrogens with zero attached hydrogens (tertiary/aromatic N) is 2. The van der Waals surface area contributed by atoms with E-state index in [9.17, 15) is 0 Å². The number of aliphatic imine (C=N–C) groups is 1. The summed E-state index contributed by atoms with van der Waals surface area (Å²) in [6.45, 7) is 2.77. The van der Waals surface area contributed by atoms with Gasteiger partial charge in [-0.1, -0.05) is 18.2 Å². The third-order valence-electron chi connectivity index (χ3n) is 3.79. The summed E-state index contributed by atoms with van der Waals surface area (Å²) in [5, 5.41) is 1.15. The highest BCUT2D eigenvalue weighted by atomic mass is 16.3. The van der Waals surface area contributed by atoms with Crippen molar-refractivity contribution < 1.29 is 4.42 Å². The molecule has 1 fully saturated rings. The normalized spacial score (nSPS) is 16.8. The first-order valence-corrected chi connectivity index (χ1v) is 7.35. The van der Waals surface area contributed by atoms with Gasteiger partial charge in [0.2, 0.25) is 0 Å². The lowest BCUT2D eigenvalue weighted by atomic mass is 10.1. The third-order valence-corrected chi connectivity index (χ3v) is 3.79. The molecule has 0 saturated carbocycles. The van der Waals surface area contributed by atoms with Crippen molar-refractivity contribution in [2.45, 2.75) is 25.7 Å². The Morgan fingerprint density at radius 3 is 2.80 bits per heavy atom. The van der Waals surface area contributed by atoms with Crippen LogP contribution >= 0.6 is 0 Å². The number of furan rings is 1. The number of likely N-dealkylation sites (tertiary alicyclic amines) is 1. The predicted molar refractivity (Wildman–Crippen MR) is 81.8 cm³/mol. The van der Waals surface area contributed by atoms with Crippen molar-refractivity contribution in [3.05, 3.63) is 36.1 Å². The van der Waals surface area contributed by atoms with Crippen LogP contribution < -0.4 is 5.73 Å². The van der Waals surface area contributed by atoms with Gasteiger partial charge in [-0.2, -0.15) is 0 Å². The number of para-hydroxylation sites is 1. The molecule has 106 valence electrons. The maximum atomic E-state index is 6.03. The van der Waals surface area contributed by atoms with E-state index in [2.05, 4.69) is 22.0 Å². The second-order valence-electron chi connectivity index (χ2n) is 5.29. The van der Waals surface area contributed by atoms with E-state index in [0.717, 1.165) is 36.2 Å². The number of rotatable bonds is 3. The molecule has 0 aliphatic carbocycles. The molecule has 1 aromatic carbocycles. The number of nitrogens with two attached hydrogens (primary N) is 1. The molecule has 2 aromatic rings. The van der Waals surface area contributed by atoms with Crippen LogP contribution in [0.4, 0.5) is 0 Å². The number of hydrogen-bond acceptors (Lipinski definition) is 2. The SMILES string of the molecule is NC(=NCCc1cc2ccccc2o1)N1CCCCC1. The van der Waals surface area contributed by atoms with Gasteiger partial charge in [-0.3, -0.25) is 4.99 Å². The van der Waals surface area contributed by atoms with E-state index >= 15 is 0 Å². The Bertz CT molecular complexity index is 564. The van der Waals surface area contributed by atoms with Crippen molar-refractivity contribution in [2.75, 3.05) is 19.6 Å². The van der Waals surface area contributed by atoms with E-state index in [1.54, 1.807) is 0 Å². The van der Waals surface area contributed by atoms with Crippen LogP contribution in [0.1, 0.15) is 25.0 Å². The molecule has 1 saturated heterocycles. The van der Waals surface area contributed by atoms with E-state index in [1.807, 2.05) is 18.2 Å². The number of hydrogen-bond donors (Lipinski definition) is 1. The number of guanidine groups is 1. The van der Waals surface area contributed by atoms with Crippen molar-refractivity contribution in [2.24, 2.45) is 10.7 Å². The quantitative estimate of drug-likeness (QED) is 0.690. The summed E-state index contributed by atoms with van der Waals surface area (Å²) in [7, 11) is 0. The van der Waals surface area contributed by atoms with Crippen LogP contribution in [0.25, 0.3) is 11.0 Å². The fourth-order valence-electron chi connectivity index (χ4n) is 2.66. The minimum Gasteiger partial charge on any atom is -0.461 e. The minimum atomic E-state index is 0.681. The molecular weight excluding hydrogens is 250 g/mol. The van der Waals surface area contributed by atoms with Crippen LogP contribution in [0.5, 0.6) is 0 Å². The van der Waals surface area contributed by atoms with Gasteiger partial charge in [0.1, 0.15) is 11.3 Å².